The van der Waals surface area contributed by atoms with Crippen LogP contribution in [0.5, 0.6) is 11.5 Å². The van der Waals surface area contributed by atoms with Crippen molar-refractivity contribution >= 4 is 22.2 Å². The first-order valence-corrected chi connectivity index (χ1v) is 12.7. The molecule has 0 N–H and O–H groups in total. The first kappa shape index (κ1) is 23.2. The number of carbonyl (C=O) groups is 1. The Kier molecular flexibility index (Phi) is 5.47. The second kappa shape index (κ2) is 8.27. The van der Waals surface area contributed by atoms with Gasteiger partial charge in [0.1, 0.15) is 28.2 Å². The standard InChI is InChI=1S/C26H27N3O5S/c1-15(30)17-6-8-18(9-7-17)28-24(31)27-13-12-21-23(29(27)25(28)32)20-11-10-19(33-16(2)35-5)14-22(20)34-26(21,3)4/h6-12,14,23,35H,13H2,1-5H3. The topological polar surface area (TPSA) is 84.5 Å². The van der Waals surface area contributed by atoms with Crippen molar-refractivity contribution in [1.29, 1.82) is 0 Å². The van der Waals surface area contributed by atoms with Crippen molar-refractivity contribution < 1.29 is 14.3 Å². The molecule has 0 saturated heterocycles. The zero-order valence-electron chi connectivity index (χ0n) is 20.2. The van der Waals surface area contributed by atoms with Crippen molar-refractivity contribution in [1.82, 2.24) is 13.9 Å². The highest BCUT2D eigenvalue weighted by Crippen LogP contribution is 2.47. The third-order valence-electron chi connectivity index (χ3n) is 6.54. The number of ketones is 1. The molecule has 1 atom stereocenters. The molecule has 5 rings (SSSR count). The van der Waals surface area contributed by atoms with Gasteiger partial charge in [0.2, 0.25) is 0 Å². The lowest BCUT2D eigenvalue weighted by atomic mass is 9.83. The number of thiol groups is 1. The summed E-state index contributed by atoms with van der Waals surface area (Å²) in [6, 6.07) is 11.6. The molecule has 9 heteroatoms. The zero-order chi connectivity index (χ0) is 25.1. The normalized spacial score (nSPS) is 18.3. The van der Waals surface area contributed by atoms with Gasteiger partial charge in [0.25, 0.3) is 0 Å². The molecule has 35 heavy (non-hydrogen) atoms. The molecule has 0 bridgehead atoms. The number of benzene rings is 2. The molecule has 0 amide bonds. The van der Waals surface area contributed by atoms with Crippen molar-refractivity contribution in [3.8, 4) is 17.2 Å². The molecule has 3 aromatic rings. The number of nitrogens with zero attached hydrogens (tertiary/aromatic N) is 3. The van der Waals surface area contributed by atoms with Crippen LogP contribution in [-0.2, 0) is 6.54 Å². The zero-order valence-corrected chi connectivity index (χ0v) is 21.1. The van der Waals surface area contributed by atoms with Gasteiger partial charge in [0, 0.05) is 17.2 Å². The van der Waals surface area contributed by atoms with Gasteiger partial charge in [-0.2, -0.15) is 11.4 Å². The van der Waals surface area contributed by atoms with E-state index in [1.807, 2.05) is 51.3 Å². The fourth-order valence-corrected chi connectivity index (χ4v) is 4.92. The fraction of sp³-hybridized carbons (Fsp3) is 0.308. The molecule has 1 aromatic heterocycles. The van der Waals surface area contributed by atoms with Gasteiger partial charge in [-0.3, -0.25) is 4.79 Å². The summed E-state index contributed by atoms with van der Waals surface area (Å²) in [4.78, 5) is 38.7. The summed E-state index contributed by atoms with van der Waals surface area (Å²) in [5.74, 6) is 1.19. The molecular weight excluding hydrogens is 466 g/mol. The summed E-state index contributed by atoms with van der Waals surface area (Å²) in [5.41, 5.74) is 1.07. The Bertz CT molecular complexity index is 1540. The predicted molar refractivity (Wildman–Crippen MR) is 138 cm³/mol. The monoisotopic (exact) mass is 493 g/mol. The number of rotatable bonds is 3. The van der Waals surface area contributed by atoms with Crippen LogP contribution in [0, 0.1) is 0 Å². The summed E-state index contributed by atoms with van der Waals surface area (Å²) >= 11 is 1.03. The molecule has 2 aromatic carbocycles. The average Bonchev–Trinajstić information content (AvgIpc) is 3.08. The minimum atomic E-state index is -0.690. The Hall–Kier alpha value is -3.59. The van der Waals surface area contributed by atoms with Gasteiger partial charge in [0.15, 0.2) is 5.78 Å². The van der Waals surface area contributed by atoms with Gasteiger partial charge >= 0.3 is 11.4 Å². The van der Waals surface area contributed by atoms with Crippen LogP contribution in [0.25, 0.3) is 5.69 Å². The fourth-order valence-electron chi connectivity index (χ4n) is 4.72. The summed E-state index contributed by atoms with van der Waals surface area (Å²) < 4.78 is 16.4. The number of ether oxygens (including phenoxy) is 2. The van der Waals surface area contributed by atoms with Crippen molar-refractivity contribution in [3.05, 3.63) is 86.2 Å². The van der Waals surface area contributed by atoms with Crippen LogP contribution in [0.4, 0.5) is 0 Å². The highest BCUT2D eigenvalue weighted by atomic mass is 32.1. The molecule has 0 radical (unpaired) electrons. The summed E-state index contributed by atoms with van der Waals surface area (Å²) in [7, 11) is 0. The van der Waals surface area contributed by atoms with Gasteiger partial charge < -0.3 is 9.47 Å². The van der Waals surface area contributed by atoms with E-state index in [2.05, 4.69) is 0 Å². The Balaban J connectivity index is 1.68. The summed E-state index contributed by atoms with van der Waals surface area (Å²) in [6.45, 7) is 7.56. The van der Waals surface area contributed by atoms with E-state index in [9.17, 15) is 14.4 Å². The minimum absolute atomic E-state index is 0.0821. The van der Waals surface area contributed by atoms with Gasteiger partial charge in [0.05, 0.1) is 12.2 Å². The highest BCUT2D eigenvalue weighted by Gasteiger charge is 2.44. The maximum Gasteiger partial charge on any atom is 0.352 e. The van der Waals surface area contributed by atoms with E-state index in [1.165, 1.54) is 16.3 Å². The molecule has 0 saturated carbocycles. The maximum absolute atomic E-state index is 13.7. The SMILES string of the molecule is C[SH]=C(C)Oc1ccc2c(c1)OC(C)(C)C1=CCn3c(=O)n(-c4ccc(C(C)=O)cc4)c(=O)n3C12. The molecule has 182 valence electrons. The Morgan fingerprint density at radius 1 is 1.09 bits per heavy atom. The number of hydrogen-bond donors (Lipinski definition) is 1. The molecular formula is C26H27N3O5S. The number of Topliss-reactive ketones (excluding diaryl/α,β-unsaturated/α-hetero) is 1. The molecule has 0 aliphatic carbocycles. The molecule has 8 nitrogen and oxygen atoms in total. The third kappa shape index (κ3) is 3.70. The molecule has 3 heterocycles. The third-order valence-corrected chi connectivity index (χ3v) is 7.26. The van der Waals surface area contributed by atoms with Crippen LogP contribution in [0.3, 0.4) is 0 Å². The van der Waals surface area contributed by atoms with E-state index in [4.69, 9.17) is 9.47 Å². The number of hydrogen-bond acceptors (Lipinski definition) is 5. The largest absolute Gasteiger partial charge is 0.483 e. The van der Waals surface area contributed by atoms with Crippen LogP contribution in [0.2, 0.25) is 0 Å². The predicted octanol–water partition coefficient (Wildman–Crippen LogP) is 3.33. The number of carbonyl (C=O) groups excluding carboxylic acids is 1. The van der Waals surface area contributed by atoms with Crippen LogP contribution in [-0.4, -0.2) is 36.6 Å². The maximum atomic E-state index is 13.7. The Morgan fingerprint density at radius 2 is 1.80 bits per heavy atom. The van der Waals surface area contributed by atoms with Crippen molar-refractivity contribution in [2.75, 3.05) is 6.26 Å². The van der Waals surface area contributed by atoms with E-state index >= 15 is 0 Å². The van der Waals surface area contributed by atoms with Crippen molar-refractivity contribution in [2.24, 2.45) is 0 Å². The number of allylic oxidation sites excluding steroid dienone is 1. The highest BCUT2D eigenvalue weighted by molar-refractivity contribution is 7.97. The van der Waals surface area contributed by atoms with Crippen LogP contribution < -0.4 is 20.9 Å². The van der Waals surface area contributed by atoms with Gasteiger partial charge in [-0.25, -0.2) is 23.5 Å². The van der Waals surface area contributed by atoms with E-state index in [0.29, 0.717) is 22.7 Å². The lowest BCUT2D eigenvalue weighted by Gasteiger charge is -2.42. The van der Waals surface area contributed by atoms with Crippen LogP contribution in [0.15, 0.2) is 63.7 Å². The van der Waals surface area contributed by atoms with E-state index in [0.717, 1.165) is 32.1 Å². The van der Waals surface area contributed by atoms with Gasteiger partial charge in [-0.1, -0.05) is 6.08 Å². The Morgan fingerprint density at radius 3 is 2.46 bits per heavy atom. The van der Waals surface area contributed by atoms with E-state index in [-0.39, 0.29) is 12.3 Å². The van der Waals surface area contributed by atoms with Crippen molar-refractivity contribution in [2.45, 2.75) is 45.9 Å². The second-order valence-electron chi connectivity index (χ2n) is 9.15. The smallest absolute Gasteiger partial charge is 0.352 e. The number of fused-ring (bicyclic) bond motifs is 5. The summed E-state index contributed by atoms with van der Waals surface area (Å²) in [6.07, 6.45) is 3.96. The Labute approximate surface area is 206 Å². The summed E-state index contributed by atoms with van der Waals surface area (Å²) in [5, 5.41) is 0.858. The minimum Gasteiger partial charge on any atom is -0.483 e. The number of aromatic nitrogens is 3. The first-order chi connectivity index (χ1) is 16.6. The van der Waals surface area contributed by atoms with Gasteiger partial charge in [-0.15, -0.1) is 0 Å². The molecule has 2 aliphatic rings. The van der Waals surface area contributed by atoms with Crippen LogP contribution in [0.1, 0.15) is 49.7 Å². The average molecular weight is 494 g/mol. The van der Waals surface area contributed by atoms with Crippen molar-refractivity contribution in [3.63, 3.8) is 0 Å². The second-order valence-corrected chi connectivity index (χ2v) is 10.2. The molecule has 1 unspecified atom stereocenters. The first-order valence-electron chi connectivity index (χ1n) is 11.3. The molecule has 0 fully saturated rings. The van der Waals surface area contributed by atoms with Crippen LogP contribution >= 0.6 is 11.4 Å². The lowest BCUT2D eigenvalue weighted by Crippen LogP contribution is -2.46. The van der Waals surface area contributed by atoms with E-state index in [1.54, 1.807) is 24.3 Å². The molecule has 0 spiro atoms. The lowest BCUT2D eigenvalue weighted by molar-refractivity contribution is 0.101. The van der Waals surface area contributed by atoms with E-state index < -0.39 is 23.0 Å². The quantitative estimate of drug-likeness (QED) is 0.262. The van der Waals surface area contributed by atoms with Gasteiger partial charge in [-0.05, 0) is 75.9 Å². The molecule has 2 aliphatic heterocycles.